The van der Waals surface area contributed by atoms with Crippen LogP contribution in [0.3, 0.4) is 0 Å². The Kier molecular flexibility index (Phi) is 4.80. The van der Waals surface area contributed by atoms with Crippen molar-refractivity contribution in [1.29, 1.82) is 0 Å². The normalized spacial score (nSPS) is 27.9. The molecule has 1 heterocycles. The van der Waals surface area contributed by atoms with Crippen LogP contribution in [0.1, 0.15) is 45.4 Å². The van der Waals surface area contributed by atoms with Crippen molar-refractivity contribution in [3.63, 3.8) is 0 Å². The first-order valence-electron chi connectivity index (χ1n) is 6.92. The fraction of sp³-hybridized carbons (Fsp3) is 0.923. The molecule has 1 saturated carbocycles. The molecule has 1 saturated heterocycles. The van der Waals surface area contributed by atoms with Gasteiger partial charge in [-0.15, -0.1) is 0 Å². The van der Waals surface area contributed by atoms with Gasteiger partial charge in [0.25, 0.3) is 0 Å². The molecule has 2 aliphatic rings. The van der Waals surface area contributed by atoms with E-state index >= 15 is 0 Å². The molecule has 2 rings (SSSR count). The van der Waals surface area contributed by atoms with Gasteiger partial charge in [-0.3, -0.25) is 4.79 Å². The Balaban J connectivity index is 1.70. The summed E-state index contributed by atoms with van der Waals surface area (Å²) in [5, 5.41) is 6.38. The van der Waals surface area contributed by atoms with Crippen LogP contribution in [-0.4, -0.2) is 37.2 Å². The van der Waals surface area contributed by atoms with Crippen LogP contribution in [0, 0.1) is 0 Å². The van der Waals surface area contributed by atoms with Gasteiger partial charge in [0, 0.05) is 12.6 Å². The molecule has 17 heavy (non-hydrogen) atoms. The molecule has 98 valence electrons. The lowest BCUT2D eigenvalue weighted by atomic mass is 10.1. The van der Waals surface area contributed by atoms with Crippen molar-refractivity contribution in [2.24, 2.45) is 0 Å². The molecule has 2 N–H and O–H groups in total. The molecule has 0 aromatic heterocycles. The van der Waals surface area contributed by atoms with Crippen LogP contribution in [0.4, 0.5) is 0 Å². The summed E-state index contributed by atoms with van der Waals surface area (Å²) >= 11 is 0. The number of nitrogens with one attached hydrogen (secondary N) is 2. The van der Waals surface area contributed by atoms with Gasteiger partial charge < -0.3 is 15.4 Å². The summed E-state index contributed by atoms with van der Waals surface area (Å²) in [6.07, 6.45) is 6.83. The highest BCUT2D eigenvalue weighted by atomic mass is 16.5. The van der Waals surface area contributed by atoms with Crippen molar-refractivity contribution in [3.05, 3.63) is 0 Å². The van der Waals surface area contributed by atoms with Gasteiger partial charge in [-0.1, -0.05) is 12.8 Å². The largest absolute Gasteiger partial charge is 0.364 e. The number of piperidine rings is 1. The maximum Gasteiger partial charge on any atom is 0.249 e. The molecule has 4 nitrogen and oxygen atoms in total. The zero-order chi connectivity index (χ0) is 12.1. The first kappa shape index (κ1) is 12.8. The Morgan fingerprint density at radius 2 is 2.06 bits per heavy atom. The van der Waals surface area contributed by atoms with Crippen LogP contribution in [0.2, 0.25) is 0 Å². The number of carbonyl (C=O) groups excluding carboxylic acids is 1. The molecule has 2 unspecified atom stereocenters. The van der Waals surface area contributed by atoms with Gasteiger partial charge in [0.1, 0.15) is 6.10 Å². The van der Waals surface area contributed by atoms with E-state index in [1.807, 2.05) is 6.92 Å². The summed E-state index contributed by atoms with van der Waals surface area (Å²) in [5.74, 6) is 0.0578. The predicted octanol–water partition coefficient (Wildman–Crippen LogP) is 1.20. The standard InChI is InChI=1S/C13H24N2O2/c1-10(17-12-7-4-8-14-9-12)13(16)15-11-5-2-3-6-11/h10-12,14H,2-9H2,1H3,(H,15,16). The lowest BCUT2D eigenvalue weighted by Crippen LogP contribution is -2.44. The van der Waals surface area contributed by atoms with Gasteiger partial charge >= 0.3 is 0 Å². The van der Waals surface area contributed by atoms with E-state index in [4.69, 9.17) is 4.74 Å². The Labute approximate surface area is 103 Å². The summed E-state index contributed by atoms with van der Waals surface area (Å²) < 4.78 is 5.79. The Bertz CT molecular complexity index is 246. The molecule has 2 atom stereocenters. The minimum atomic E-state index is -0.319. The minimum Gasteiger partial charge on any atom is -0.364 e. The van der Waals surface area contributed by atoms with Crippen LogP contribution >= 0.6 is 0 Å². The average Bonchev–Trinajstić information content (AvgIpc) is 2.83. The third kappa shape index (κ3) is 3.96. The highest BCUT2D eigenvalue weighted by Gasteiger charge is 2.24. The van der Waals surface area contributed by atoms with Crippen molar-refractivity contribution in [3.8, 4) is 0 Å². The molecule has 0 radical (unpaired) electrons. The summed E-state index contributed by atoms with van der Waals surface area (Å²) in [6.45, 7) is 3.81. The SMILES string of the molecule is CC(OC1CCCNC1)C(=O)NC1CCCC1. The monoisotopic (exact) mass is 240 g/mol. The topological polar surface area (TPSA) is 50.4 Å². The van der Waals surface area contributed by atoms with Gasteiger partial charge in [0.15, 0.2) is 0 Å². The van der Waals surface area contributed by atoms with E-state index in [0.29, 0.717) is 6.04 Å². The minimum absolute atomic E-state index is 0.0578. The van der Waals surface area contributed by atoms with Crippen LogP contribution in [0.15, 0.2) is 0 Å². The number of ether oxygens (including phenoxy) is 1. The zero-order valence-electron chi connectivity index (χ0n) is 10.7. The van der Waals surface area contributed by atoms with Crippen molar-refractivity contribution in [2.45, 2.75) is 63.7 Å². The summed E-state index contributed by atoms with van der Waals surface area (Å²) in [7, 11) is 0. The maximum atomic E-state index is 11.9. The number of carbonyl (C=O) groups is 1. The summed E-state index contributed by atoms with van der Waals surface area (Å²) in [6, 6.07) is 0.387. The smallest absolute Gasteiger partial charge is 0.249 e. The second-order valence-electron chi connectivity index (χ2n) is 5.24. The molecule has 1 aliphatic carbocycles. The molecule has 4 heteroatoms. The van der Waals surface area contributed by atoms with Crippen LogP contribution in [0.5, 0.6) is 0 Å². The summed E-state index contributed by atoms with van der Waals surface area (Å²) in [5.41, 5.74) is 0. The molecule has 1 aliphatic heterocycles. The van der Waals surface area contributed by atoms with E-state index in [9.17, 15) is 4.79 Å². The maximum absolute atomic E-state index is 11.9. The molecule has 0 spiro atoms. The second kappa shape index (κ2) is 6.36. The van der Waals surface area contributed by atoms with Crippen LogP contribution in [0.25, 0.3) is 0 Å². The predicted molar refractivity (Wildman–Crippen MR) is 66.8 cm³/mol. The van der Waals surface area contributed by atoms with Crippen molar-refractivity contribution < 1.29 is 9.53 Å². The van der Waals surface area contributed by atoms with E-state index in [2.05, 4.69) is 10.6 Å². The first-order valence-corrected chi connectivity index (χ1v) is 6.92. The second-order valence-corrected chi connectivity index (χ2v) is 5.24. The lowest BCUT2D eigenvalue weighted by molar-refractivity contribution is -0.136. The fourth-order valence-corrected chi connectivity index (χ4v) is 2.68. The van der Waals surface area contributed by atoms with Gasteiger partial charge in [-0.05, 0) is 39.2 Å². The van der Waals surface area contributed by atoms with Gasteiger partial charge in [0.05, 0.1) is 6.10 Å². The molecular formula is C13H24N2O2. The molecule has 0 aromatic rings. The average molecular weight is 240 g/mol. The van der Waals surface area contributed by atoms with Gasteiger partial charge in [-0.2, -0.15) is 0 Å². The highest BCUT2D eigenvalue weighted by molar-refractivity contribution is 5.80. The molecule has 0 bridgehead atoms. The highest BCUT2D eigenvalue weighted by Crippen LogP contribution is 2.18. The molecular weight excluding hydrogens is 216 g/mol. The fourth-order valence-electron chi connectivity index (χ4n) is 2.68. The van der Waals surface area contributed by atoms with Gasteiger partial charge in [0.2, 0.25) is 5.91 Å². The van der Waals surface area contributed by atoms with E-state index in [0.717, 1.165) is 38.8 Å². The lowest BCUT2D eigenvalue weighted by Gasteiger charge is -2.26. The molecule has 0 aromatic carbocycles. The van der Waals surface area contributed by atoms with Crippen molar-refractivity contribution in [1.82, 2.24) is 10.6 Å². The van der Waals surface area contributed by atoms with E-state index in [-0.39, 0.29) is 18.1 Å². The Morgan fingerprint density at radius 1 is 1.29 bits per heavy atom. The number of hydrogen-bond acceptors (Lipinski definition) is 3. The van der Waals surface area contributed by atoms with E-state index in [1.54, 1.807) is 0 Å². The van der Waals surface area contributed by atoms with E-state index < -0.39 is 0 Å². The molecule has 2 fully saturated rings. The van der Waals surface area contributed by atoms with Crippen molar-refractivity contribution in [2.75, 3.05) is 13.1 Å². The Hall–Kier alpha value is -0.610. The van der Waals surface area contributed by atoms with Crippen LogP contribution < -0.4 is 10.6 Å². The third-order valence-electron chi connectivity index (χ3n) is 3.72. The Morgan fingerprint density at radius 3 is 2.71 bits per heavy atom. The van der Waals surface area contributed by atoms with E-state index in [1.165, 1.54) is 12.8 Å². The summed E-state index contributed by atoms with van der Waals surface area (Å²) in [4.78, 5) is 11.9. The zero-order valence-corrected chi connectivity index (χ0v) is 10.7. The van der Waals surface area contributed by atoms with Crippen molar-refractivity contribution >= 4 is 5.91 Å². The molecule has 1 amide bonds. The number of rotatable bonds is 4. The van der Waals surface area contributed by atoms with Gasteiger partial charge in [-0.25, -0.2) is 0 Å². The van der Waals surface area contributed by atoms with Crippen LogP contribution in [-0.2, 0) is 9.53 Å². The quantitative estimate of drug-likeness (QED) is 0.776. The first-order chi connectivity index (χ1) is 8.25. The number of hydrogen-bond donors (Lipinski definition) is 2. The number of amides is 1. The third-order valence-corrected chi connectivity index (χ3v) is 3.72.